The van der Waals surface area contributed by atoms with Gasteiger partial charge in [0.25, 0.3) is 5.91 Å². The molecule has 0 N–H and O–H groups in total. The van der Waals surface area contributed by atoms with E-state index >= 15 is 0 Å². The number of carbonyl (C=O) groups is 1. The molecule has 0 spiro atoms. The van der Waals surface area contributed by atoms with Gasteiger partial charge in [0.05, 0.1) is 11.1 Å². The Morgan fingerprint density at radius 1 is 1.44 bits per heavy atom. The molecule has 1 aromatic carbocycles. The Kier molecular flexibility index (Phi) is 3.06. The average molecular weight is 240 g/mol. The lowest BCUT2D eigenvalue weighted by Crippen LogP contribution is -2.21. The van der Waals surface area contributed by atoms with Crippen molar-refractivity contribution in [2.24, 2.45) is 0 Å². The zero-order valence-corrected chi connectivity index (χ0v) is 10.1. The molecule has 0 aliphatic heterocycles. The summed E-state index contributed by atoms with van der Waals surface area (Å²) in [7, 11) is 3.44. The van der Waals surface area contributed by atoms with E-state index in [0.29, 0.717) is 16.3 Å². The number of nitrogens with zero attached hydrogens (tertiary/aromatic N) is 1. The first kappa shape index (κ1) is 11.3. The van der Waals surface area contributed by atoms with Crippen LogP contribution in [0.25, 0.3) is 0 Å². The van der Waals surface area contributed by atoms with Gasteiger partial charge in [-0.15, -0.1) is 0 Å². The van der Waals surface area contributed by atoms with Gasteiger partial charge in [0.2, 0.25) is 0 Å². The summed E-state index contributed by atoms with van der Waals surface area (Å²) in [5, 5.41) is 0.558. The summed E-state index contributed by atoms with van der Waals surface area (Å²) < 4.78 is 5.62. The van der Waals surface area contributed by atoms with Crippen molar-refractivity contribution in [1.82, 2.24) is 4.90 Å². The van der Waals surface area contributed by atoms with E-state index in [0.717, 1.165) is 12.8 Å². The van der Waals surface area contributed by atoms with Crippen LogP contribution in [-0.2, 0) is 0 Å². The number of hydrogen-bond donors (Lipinski definition) is 0. The minimum Gasteiger partial charge on any atom is -0.489 e. The maximum absolute atomic E-state index is 11.7. The van der Waals surface area contributed by atoms with Gasteiger partial charge < -0.3 is 9.64 Å². The Morgan fingerprint density at radius 2 is 2.12 bits per heavy atom. The van der Waals surface area contributed by atoms with Gasteiger partial charge in [0, 0.05) is 19.7 Å². The maximum atomic E-state index is 11.7. The fourth-order valence-corrected chi connectivity index (χ4v) is 1.51. The summed E-state index contributed by atoms with van der Waals surface area (Å²) in [6.07, 6.45) is 2.42. The zero-order valence-electron chi connectivity index (χ0n) is 9.37. The van der Waals surface area contributed by atoms with Gasteiger partial charge >= 0.3 is 0 Å². The van der Waals surface area contributed by atoms with E-state index in [1.165, 1.54) is 4.90 Å². The molecular weight excluding hydrogens is 226 g/mol. The number of rotatable bonds is 3. The van der Waals surface area contributed by atoms with Gasteiger partial charge in [0.1, 0.15) is 5.75 Å². The third-order valence-corrected chi connectivity index (χ3v) is 2.71. The first-order valence-electron chi connectivity index (χ1n) is 5.26. The molecule has 1 aliphatic carbocycles. The molecule has 86 valence electrons. The normalized spacial score (nSPS) is 14.7. The molecule has 0 unspecified atom stereocenters. The van der Waals surface area contributed by atoms with E-state index in [1.54, 1.807) is 32.3 Å². The molecule has 0 radical (unpaired) electrons. The number of amides is 1. The van der Waals surface area contributed by atoms with Crippen molar-refractivity contribution in [3.63, 3.8) is 0 Å². The van der Waals surface area contributed by atoms with Gasteiger partial charge in [-0.3, -0.25) is 4.79 Å². The fraction of sp³-hybridized carbons (Fsp3) is 0.417. The van der Waals surface area contributed by atoms with Crippen LogP contribution in [0.4, 0.5) is 0 Å². The highest BCUT2D eigenvalue weighted by molar-refractivity contribution is 6.32. The van der Waals surface area contributed by atoms with Gasteiger partial charge in [-0.2, -0.15) is 0 Å². The van der Waals surface area contributed by atoms with E-state index in [2.05, 4.69) is 0 Å². The molecule has 16 heavy (non-hydrogen) atoms. The highest BCUT2D eigenvalue weighted by Gasteiger charge is 2.24. The summed E-state index contributed by atoms with van der Waals surface area (Å²) in [6.45, 7) is 0. The largest absolute Gasteiger partial charge is 0.489 e. The first-order valence-corrected chi connectivity index (χ1v) is 5.63. The smallest absolute Gasteiger partial charge is 0.253 e. The van der Waals surface area contributed by atoms with Crippen LogP contribution in [0.5, 0.6) is 5.75 Å². The van der Waals surface area contributed by atoms with Crippen LogP contribution >= 0.6 is 11.6 Å². The van der Waals surface area contributed by atoms with E-state index in [-0.39, 0.29) is 12.0 Å². The molecule has 0 aromatic heterocycles. The predicted molar refractivity (Wildman–Crippen MR) is 63.1 cm³/mol. The molecular formula is C12H14ClNO2. The van der Waals surface area contributed by atoms with E-state index in [9.17, 15) is 4.79 Å². The number of benzene rings is 1. The van der Waals surface area contributed by atoms with Crippen molar-refractivity contribution >= 4 is 17.5 Å². The fourth-order valence-electron chi connectivity index (χ4n) is 1.35. The molecule has 0 saturated heterocycles. The van der Waals surface area contributed by atoms with Crippen LogP contribution in [-0.4, -0.2) is 31.0 Å². The zero-order chi connectivity index (χ0) is 11.7. The lowest BCUT2D eigenvalue weighted by atomic mass is 10.2. The highest BCUT2D eigenvalue weighted by atomic mass is 35.5. The topological polar surface area (TPSA) is 29.5 Å². The van der Waals surface area contributed by atoms with Crippen molar-refractivity contribution in [2.45, 2.75) is 18.9 Å². The Balaban J connectivity index is 2.23. The minimum atomic E-state index is -0.0442. The second-order valence-electron chi connectivity index (χ2n) is 4.16. The quantitative estimate of drug-likeness (QED) is 0.812. The number of hydrogen-bond acceptors (Lipinski definition) is 2. The Hall–Kier alpha value is -1.22. The lowest BCUT2D eigenvalue weighted by molar-refractivity contribution is 0.0827. The van der Waals surface area contributed by atoms with Gasteiger partial charge in [-0.25, -0.2) is 0 Å². The maximum Gasteiger partial charge on any atom is 0.253 e. The molecule has 1 aromatic rings. The van der Waals surface area contributed by atoms with Crippen molar-refractivity contribution < 1.29 is 9.53 Å². The van der Waals surface area contributed by atoms with Crippen LogP contribution in [0.1, 0.15) is 23.2 Å². The number of carbonyl (C=O) groups excluding carboxylic acids is 1. The van der Waals surface area contributed by atoms with Gasteiger partial charge in [-0.05, 0) is 31.0 Å². The lowest BCUT2D eigenvalue weighted by Gasteiger charge is -2.12. The Labute approximate surface area is 100.0 Å². The van der Waals surface area contributed by atoms with Gasteiger partial charge in [-0.1, -0.05) is 11.6 Å². The first-order chi connectivity index (χ1) is 7.58. The summed E-state index contributed by atoms with van der Waals surface area (Å²) in [4.78, 5) is 13.3. The molecule has 1 fully saturated rings. The third kappa shape index (κ3) is 2.47. The summed E-state index contributed by atoms with van der Waals surface area (Å²) >= 11 is 6.00. The van der Waals surface area contributed by atoms with Gasteiger partial charge in [0.15, 0.2) is 0 Å². The summed E-state index contributed by atoms with van der Waals surface area (Å²) in [6, 6.07) is 5.13. The number of ether oxygens (including phenoxy) is 1. The average Bonchev–Trinajstić information content (AvgIpc) is 3.04. The van der Waals surface area contributed by atoms with Crippen LogP contribution in [0.15, 0.2) is 18.2 Å². The summed E-state index contributed by atoms with van der Waals surface area (Å²) in [5.74, 6) is 0.564. The van der Waals surface area contributed by atoms with E-state index in [4.69, 9.17) is 16.3 Å². The molecule has 1 saturated carbocycles. The third-order valence-electron chi connectivity index (χ3n) is 2.40. The van der Waals surface area contributed by atoms with E-state index < -0.39 is 0 Å². The highest BCUT2D eigenvalue weighted by Crippen LogP contribution is 2.32. The van der Waals surface area contributed by atoms with Crippen LogP contribution < -0.4 is 4.74 Å². The molecule has 4 heteroatoms. The molecule has 0 bridgehead atoms. The Bertz CT molecular complexity index is 413. The van der Waals surface area contributed by atoms with Crippen molar-refractivity contribution in [3.8, 4) is 5.75 Å². The van der Waals surface area contributed by atoms with Crippen molar-refractivity contribution in [2.75, 3.05) is 14.1 Å². The van der Waals surface area contributed by atoms with Crippen LogP contribution in [0.3, 0.4) is 0 Å². The molecule has 1 amide bonds. The number of halogens is 1. The Morgan fingerprint density at radius 3 is 2.69 bits per heavy atom. The predicted octanol–water partition coefficient (Wildman–Crippen LogP) is 2.58. The molecule has 1 aliphatic rings. The van der Waals surface area contributed by atoms with Crippen molar-refractivity contribution in [3.05, 3.63) is 28.8 Å². The molecule has 0 atom stereocenters. The molecule has 0 heterocycles. The van der Waals surface area contributed by atoms with E-state index in [1.807, 2.05) is 0 Å². The monoisotopic (exact) mass is 239 g/mol. The summed E-state index contributed by atoms with van der Waals surface area (Å²) in [5.41, 5.74) is 0.602. The molecule has 2 rings (SSSR count). The second-order valence-corrected chi connectivity index (χ2v) is 4.57. The standard InChI is InChI=1S/C12H14ClNO2/c1-14(2)12(15)8-3-6-10(13)11(7-8)16-9-4-5-9/h3,6-7,9H,4-5H2,1-2H3. The second kappa shape index (κ2) is 4.34. The van der Waals surface area contributed by atoms with Crippen LogP contribution in [0.2, 0.25) is 5.02 Å². The SMILES string of the molecule is CN(C)C(=O)c1ccc(Cl)c(OC2CC2)c1. The molecule has 3 nitrogen and oxygen atoms in total. The van der Waals surface area contributed by atoms with Crippen molar-refractivity contribution in [1.29, 1.82) is 0 Å². The minimum absolute atomic E-state index is 0.0442. The van der Waals surface area contributed by atoms with Crippen LogP contribution in [0, 0.1) is 0 Å².